The van der Waals surface area contributed by atoms with Gasteiger partial charge in [0.15, 0.2) is 9.84 Å². The van der Waals surface area contributed by atoms with Crippen molar-refractivity contribution >= 4 is 32.6 Å². The van der Waals surface area contributed by atoms with E-state index in [1.54, 1.807) is 12.1 Å². The molecular weight excluding hydrogens is 328 g/mol. The zero-order valence-corrected chi connectivity index (χ0v) is 14.8. The van der Waals surface area contributed by atoms with Gasteiger partial charge in [-0.25, -0.2) is 8.42 Å². The second-order valence-corrected chi connectivity index (χ2v) is 8.49. The van der Waals surface area contributed by atoms with Gasteiger partial charge in [-0.3, -0.25) is 0 Å². The molecule has 0 bridgehead atoms. The van der Waals surface area contributed by atoms with E-state index in [4.69, 9.17) is 11.6 Å². The number of sulfone groups is 1. The predicted molar refractivity (Wildman–Crippen MR) is 96.4 cm³/mol. The maximum atomic E-state index is 11.6. The van der Waals surface area contributed by atoms with Crippen LogP contribution >= 0.6 is 11.6 Å². The zero-order chi connectivity index (χ0) is 16.6. The standard InChI is InChI=1S/C19H19ClO2S/c1-13-12-15(8-11-19(13)20)18-5-3-4-17(18)14-6-9-16(10-7-14)23(2,21)22/h6-12H,3-5H2,1-2H3. The summed E-state index contributed by atoms with van der Waals surface area (Å²) >= 11 is 6.13. The maximum Gasteiger partial charge on any atom is 0.175 e. The van der Waals surface area contributed by atoms with E-state index in [9.17, 15) is 8.42 Å². The Labute approximate surface area is 142 Å². The quantitative estimate of drug-likeness (QED) is 0.770. The lowest BCUT2D eigenvalue weighted by Gasteiger charge is -2.10. The molecule has 2 nitrogen and oxygen atoms in total. The van der Waals surface area contributed by atoms with Crippen LogP contribution in [0.2, 0.25) is 5.02 Å². The molecule has 1 aliphatic rings. The molecule has 0 heterocycles. The Balaban J connectivity index is 2.04. The first-order valence-corrected chi connectivity index (χ1v) is 9.92. The number of halogens is 1. The fourth-order valence-electron chi connectivity index (χ4n) is 3.12. The molecule has 0 spiro atoms. The van der Waals surface area contributed by atoms with E-state index in [0.29, 0.717) is 4.90 Å². The van der Waals surface area contributed by atoms with Crippen LogP contribution in [0.25, 0.3) is 11.1 Å². The summed E-state index contributed by atoms with van der Waals surface area (Å²) in [4.78, 5) is 0.365. The molecule has 1 aliphatic carbocycles. The molecule has 0 saturated heterocycles. The average Bonchev–Trinajstić information content (AvgIpc) is 2.99. The molecule has 0 atom stereocenters. The third-order valence-electron chi connectivity index (χ3n) is 4.36. The molecular formula is C19H19ClO2S. The van der Waals surface area contributed by atoms with E-state index in [0.717, 1.165) is 35.4 Å². The van der Waals surface area contributed by atoms with Crippen LogP contribution in [-0.2, 0) is 9.84 Å². The molecule has 23 heavy (non-hydrogen) atoms. The van der Waals surface area contributed by atoms with Crippen molar-refractivity contribution in [2.45, 2.75) is 31.1 Å². The molecule has 0 N–H and O–H groups in total. The average molecular weight is 347 g/mol. The van der Waals surface area contributed by atoms with Gasteiger partial charge in [0.1, 0.15) is 0 Å². The summed E-state index contributed by atoms with van der Waals surface area (Å²) < 4.78 is 23.2. The number of rotatable bonds is 3. The predicted octanol–water partition coefficient (Wildman–Crippen LogP) is 5.15. The lowest BCUT2D eigenvalue weighted by Crippen LogP contribution is -1.97. The minimum absolute atomic E-state index is 0.365. The van der Waals surface area contributed by atoms with Gasteiger partial charge in [0, 0.05) is 11.3 Å². The minimum Gasteiger partial charge on any atom is -0.224 e. The van der Waals surface area contributed by atoms with Crippen LogP contribution in [0.1, 0.15) is 36.0 Å². The van der Waals surface area contributed by atoms with Gasteiger partial charge >= 0.3 is 0 Å². The van der Waals surface area contributed by atoms with Crippen LogP contribution in [0.15, 0.2) is 47.4 Å². The molecule has 4 heteroatoms. The number of benzene rings is 2. The normalized spacial score (nSPS) is 15.3. The fourth-order valence-corrected chi connectivity index (χ4v) is 3.86. The maximum absolute atomic E-state index is 11.6. The van der Waals surface area contributed by atoms with Crippen molar-refractivity contribution in [3.05, 3.63) is 64.2 Å². The number of hydrogen-bond acceptors (Lipinski definition) is 2. The lowest BCUT2D eigenvalue weighted by molar-refractivity contribution is 0.602. The summed E-state index contributed by atoms with van der Waals surface area (Å²) in [5, 5.41) is 0.784. The van der Waals surface area contributed by atoms with Crippen molar-refractivity contribution in [3.63, 3.8) is 0 Å². The van der Waals surface area contributed by atoms with E-state index < -0.39 is 9.84 Å². The van der Waals surface area contributed by atoms with Gasteiger partial charge in [-0.15, -0.1) is 0 Å². The third-order valence-corrected chi connectivity index (χ3v) is 5.91. The molecule has 0 amide bonds. The van der Waals surface area contributed by atoms with Crippen molar-refractivity contribution in [1.29, 1.82) is 0 Å². The molecule has 0 aromatic heterocycles. The van der Waals surface area contributed by atoms with Gasteiger partial charge in [-0.1, -0.05) is 35.9 Å². The Bertz CT molecular complexity index is 878. The second-order valence-electron chi connectivity index (χ2n) is 6.07. The molecule has 0 unspecified atom stereocenters. The van der Waals surface area contributed by atoms with Gasteiger partial charge < -0.3 is 0 Å². The molecule has 0 saturated carbocycles. The third kappa shape index (κ3) is 3.36. The van der Waals surface area contributed by atoms with Gasteiger partial charge in [0.2, 0.25) is 0 Å². The van der Waals surface area contributed by atoms with Crippen LogP contribution < -0.4 is 0 Å². The highest BCUT2D eigenvalue weighted by molar-refractivity contribution is 7.90. The van der Waals surface area contributed by atoms with Gasteiger partial charge in [-0.2, -0.15) is 0 Å². The van der Waals surface area contributed by atoms with E-state index in [-0.39, 0.29) is 0 Å². The Morgan fingerprint density at radius 2 is 1.48 bits per heavy atom. The van der Waals surface area contributed by atoms with E-state index in [1.165, 1.54) is 23.0 Å². The smallest absolute Gasteiger partial charge is 0.175 e. The van der Waals surface area contributed by atoms with Gasteiger partial charge in [-0.05, 0) is 72.2 Å². The zero-order valence-electron chi connectivity index (χ0n) is 13.3. The van der Waals surface area contributed by atoms with Crippen LogP contribution in [-0.4, -0.2) is 14.7 Å². The summed E-state index contributed by atoms with van der Waals surface area (Å²) in [6.07, 6.45) is 4.43. The van der Waals surface area contributed by atoms with Crippen LogP contribution in [0.4, 0.5) is 0 Å². The first-order chi connectivity index (χ1) is 10.9. The van der Waals surface area contributed by atoms with Crippen molar-refractivity contribution in [2.75, 3.05) is 6.26 Å². The van der Waals surface area contributed by atoms with E-state index >= 15 is 0 Å². The molecule has 0 radical (unpaired) electrons. The summed E-state index contributed by atoms with van der Waals surface area (Å²) in [5.74, 6) is 0. The summed E-state index contributed by atoms with van der Waals surface area (Å²) in [6.45, 7) is 2.02. The van der Waals surface area contributed by atoms with Crippen LogP contribution in [0.3, 0.4) is 0 Å². The van der Waals surface area contributed by atoms with Crippen molar-refractivity contribution in [1.82, 2.24) is 0 Å². The van der Waals surface area contributed by atoms with Gasteiger partial charge in [0.05, 0.1) is 4.90 Å². The topological polar surface area (TPSA) is 34.1 Å². The first kappa shape index (κ1) is 16.3. The highest BCUT2D eigenvalue weighted by Gasteiger charge is 2.18. The highest BCUT2D eigenvalue weighted by Crippen LogP contribution is 2.40. The summed E-state index contributed by atoms with van der Waals surface area (Å²) in [7, 11) is -3.15. The fraction of sp³-hybridized carbons (Fsp3) is 0.263. The second kappa shape index (κ2) is 6.14. The number of aryl methyl sites for hydroxylation is 1. The number of allylic oxidation sites excluding steroid dienone is 2. The van der Waals surface area contributed by atoms with E-state index in [1.807, 2.05) is 25.1 Å². The largest absolute Gasteiger partial charge is 0.224 e. The summed E-state index contributed by atoms with van der Waals surface area (Å²) in [5.41, 5.74) is 6.06. The Morgan fingerprint density at radius 3 is 2.04 bits per heavy atom. The molecule has 0 aliphatic heterocycles. The van der Waals surface area contributed by atoms with E-state index in [2.05, 4.69) is 12.1 Å². The van der Waals surface area contributed by atoms with Crippen LogP contribution in [0, 0.1) is 6.92 Å². The lowest BCUT2D eigenvalue weighted by atomic mass is 9.96. The SMILES string of the molecule is Cc1cc(C2=C(c3ccc(S(C)(=O)=O)cc3)CCC2)ccc1Cl. The molecule has 0 fully saturated rings. The first-order valence-electron chi connectivity index (χ1n) is 7.65. The highest BCUT2D eigenvalue weighted by atomic mass is 35.5. The monoisotopic (exact) mass is 346 g/mol. The Kier molecular flexibility index (Phi) is 4.35. The Morgan fingerprint density at radius 1 is 0.913 bits per heavy atom. The molecule has 2 aromatic carbocycles. The van der Waals surface area contributed by atoms with Crippen LogP contribution in [0.5, 0.6) is 0 Å². The minimum atomic E-state index is -3.15. The van der Waals surface area contributed by atoms with Gasteiger partial charge in [0.25, 0.3) is 0 Å². The van der Waals surface area contributed by atoms with Crippen molar-refractivity contribution in [2.24, 2.45) is 0 Å². The Hall–Kier alpha value is -1.58. The number of hydrogen-bond donors (Lipinski definition) is 0. The van der Waals surface area contributed by atoms with Crippen molar-refractivity contribution in [3.8, 4) is 0 Å². The molecule has 3 rings (SSSR count). The van der Waals surface area contributed by atoms with Crippen molar-refractivity contribution < 1.29 is 8.42 Å². The molecule has 2 aromatic rings. The molecule has 120 valence electrons. The summed E-state index contributed by atoms with van der Waals surface area (Å²) in [6, 6.07) is 13.4.